The number of nitrogens with one attached hydrogen (secondary N) is 1. The van der Waals surface area contributed by atoms with Crippen LogP contribution in [0.15, 0.2) is 29.2 Å². The molecule has 0 aromatic heterocycles. The van der Waals surface area contributed by atoms with Crippen LogP contribution in [0.4, 0.5) is 0 Å². The van der Waals surface area contributed by atoms with Gasteiger partial charge in [0.25, 0.3) is 0 Å². The van der Waals surface area contributed by atoms with E-state index in [0.717, 1.165) is 18.4 Å². The number of nitrogen functional groups attached to an aromatic ring is 1. The second kappa shape index (κ2) is 6.15. The normalized spacial score (nSPS) is 21.5. The molecule has 1 aliphatic rings. The van der Waals surface area contributed by atoms with Crippen LogP contribution >= 0.6 is 0 Å². The standard InChI is InChI=1S/C15H23N3O2S/c1-11-8-13(11)10-18(2)6-7-21(19,20)14-5-3-4-12(9-14)15(16)17/h3-5,9,11,13H,6-8,10H2,1-2H3,(H3,16,17). The van der Waals surface area contributed by atoms with Crippen molar-refractivity contribution in [2.75, 3.05) is 25.9 Å². The number of amidine groups is 1. The third kappa shape index (κ3) is 4.28. The maximum Gasteiger partial charge on any atom is 0.179 e. The van der Waals surface area contributed by atoms with Crippen LogP contribution in [0.5, 0.6) is 0 Å². The predicted molar refractivity (Wildman–Crippen MR) is 84.3 cm³/mol. The van der Waals surface area contributed by atoms with Crippen LogP contribution in [0.3, 0.4) is 0 Å². The molecule has 2 unspecified atom stereocenters. The lowest BCUT2D eigenvalue weighted by Crippen LogP contribution is -2.28. The highest BCUT2D eigenvalue weighted by molar-refractivity contribution is 7.91. The third-order valence-electron chi connectivity index (χ3n) is 4.07. The first kappa shape index (κ1) is 16.0. The van der Waals surface area contributed by atoms with Gasteiger partial charge in [0.1, 0.15) is 5.84 Å². The zero-order valence-electron chi connectivity index (χ0n) is 12.5. The molecule has 0 radical (unpaired) electrons. The van der Waals surface area contributed by atoms with E-state index >= 15 is 0 Å². The van der Waals surface area contributed by atoms with E-state index in [0.29, 0.717) is 12.1 Å². The van der Waals surface area contributed by atoms with Crippen molar-refractivity contribution < 1.29 is 8.42 Å². The van der Waals surface area contributed by atoms with E-state index in [1.807, 2.05) is 7.05 Å². The molecular formula is C15H23N3O2S. The molecule has 0 saturated heterocycles. The summed E-state index contributed by atoms with van der Waals surface area (Å²) in [6.07, 6.45) is 1.25. The fourth-order valence-corrected chi connectivity index (χ4v) is 3.78. The lowest BCUT2D eigenvalue weighted by atomic mass is 10.2. The number of hydrogen-bond donors (Lipinski definition) is 2. The SMILES string of the molecule is CC1CC1CN(C)CCS(=O)(=O)c1cccc(C(=N)N)c1. The number of hydrogen-bond acceptors (Lipinski definition) is 4. The molecule has 1 aromatic carbocycles. The van der Waals surface area contributed by atoms with Gasteiger partial charge in [-0.15, -0.1) is 0 Å². The van der Waals surface area contributed by atoms with Gasteiger partial charge in [0, 0.05) is 18.7 Å². The highest BCUT2D eigenvalue weighted by Crippen LogP contribution is 2.37. The molecule has 1 aliphatic carbocycles. The molecule has 1 fully saturated rings. The zero-order valence-corrected chi connectivity index (χ0v) is 13.4. The minimum atomic E-state index is -3.33. The summed E-state index contributed by atoms with van der Waals surface area (Å²) in [5, 5.41) is 7.38. The van der Waals surface area contributed by atoms with Crippen LogP contribution < -0.4 is 5.73 Å². The molecule has 0 bridgehead atoms. The van der Waals surface area contributed by atoms with Crippen LogP contribution in [0.25, 0.3) is 0 Å². The van der Waals surface area contributed by atoms with Gasteiger partial charge in [0.05, 0.1) is 10.6 Å². The summed E-state index contributed by atoms with van der Waals surface area (Å²) in [7, 11) is -1.37. The van der Waals surface area contributed by atoms with Crippen LogP contribution in [0, 0.1) is 17.2 Å². The molecule has 1 saturated carbocycles. The average molecular weight is 309 g/mol. The number of benzene rings is 1. The molecular weight excluding hydrogens is 286 g/mol. The van der Waals surface area contributed by atoms with Crippen LogP contribution in [-0.2, 0) is 9.84 Å². The number of nitrogens with zero attached hydrogens (tertiary/aromatic N) is 1. The number of sulfone groups is 1. The Hall–Kier alpha value is -1.40. The Morgan fingerprint density at radius 2 is 2.14 bits per heavy atom. The number of nitrogens with two attached hydrogens (primary N) is 1. The Kier molecular flexibility index (Phi) is 4.68. The molecule has 3 N–H and O–H groups in total. The van der Waals surface area contributed by atoms with Crippen molar-refractivity contribution in [3.8, 4) is 0 Å². The molecule has 5 nitrogen and oxygen atoms in total. The predicted octanol–water partition coefficient (Wildman–Crippen LogP) is 1.33. The van der Waals surface area contributed by atoms with Crippen molar-refractivity contribution in [1.82, 2.24) is 4.90 Å². The van der Waals surface area contributed by atoms with Gasteiger partial charge in [0.2, 0.25) is 0 Å². The Morgan fingerprint density at radius 3 is 2.71 bits per heavy atom. The molecule has 0 spiro atoms. The quantitative estimate of drug-likeness (QED) is 0.587. The summed E-state index contributed by atoms with van der Waals surface area (Å²) in [5.41, 5.74) is 5.84. The van der Waals surface area contributed by atoms with Crippen molar-refractivity contribution in [2.45, 2.75) is 18.2 Å². The molecule has 0 amide bonds. The van der Waals surface area contributed by atoms with Gasteiger partial charge in [0.15, 0.2) is 9.84 Å². The molecule has 2 rings (SSSR count). The molecule has 0 heterocycles. The molecule has 1 aromatic rings. The van der Waals surface area contributed by atoms with Gasteiger partial charge in [-0.1, -0.05) is 19.1 Å². The van der Waals surface area contributed by atoms with Crippen LogP contribution in [-0.4, -0.2) is 45.0 Å². The van der Waals surface area contributed by atoms with Gasteiger partial charge in [-0.05, 0) is 37.4 Å². The Balaban J connectivity index is 1.97. The molecule has 116 valence electrons. The summed E-state index contributed by atoms with van der Waals surface area (Å²) in [6.45, 7) is 3.71. The maximum atomic E-state index is 12.3. The Labute approximate surface area is 126 Å². The monoisotopic (exact) mass is 309 g/mol. The topological polar surface area (TPSA) is 87.2 Å². The van der Waals surface area contributed by atoms with Crippen molar-refractivity contribution in [1.29, 1.82) is 5.41 Å². The average Bonchev–Trinajstić information content (AvgIpc) is 3.12. The molecule has 21 heavy (non-hydrogen) atoms. The van der Waals surface area contributed by atoms with Gasteiger partial charge >= 0.3 is 0 Å². The van der Waals surface area contributed by atoms with Gasteiger partial charge in [-0.2, -0.15) is 0 Å². The van der Waals surface area contributed by atoms with E-state index in [1.165, 1.54) is 12.5 Å². The van der Waals surface area contributed by atoms with Gasteiger partial charge in [-0.25, -0.2) is 8.42 Å². The van der Waals surface area contributed by atoms with E-state index in [2.05, 4.69) is 11.8 Å². The van der Waals surface area contributed by atoms with Crippen LogP contribution in [0.1, 0.15) is 18.9 Å². The van der Waals surface area contributed by atoms with Crippen molar-refractivity contribution >= 4 is 15.7 Å². The van der Waals surface area contributed by atoms with Crippen molar-refractivity contribution in [3.63, 3.8) is 0 Å². The van der Waals surface area contributed by atoms with Crippen molar-refractivity contribution in [2.24, 2.45) is 17.6 Å². The highest BCUT2D eigenvalue weighted by Gasteiger charge is 2.33. The first-order valence-electron chi connectivity index (χ1n) is 7.15. The highest BCUT2D eigenvalue weighted by atomic mass is 32.2. The lowest BCUT2D eigenvalue weighted by molar-refractivity contribution is 0.332. The Morgan fingerprint density at radius 1 is 1.48 bits per heavy atom. The largest absolute Gasteiger partial charge is 0.384 e. The minimum Gasteiger partial charge on any atom is -0.384 e. The Bertz CT molecular complexity index is 628. The van der Waals surface area contributed by atoms with E-state index < -0.39 is 9.84 Å². The zero-order chi connectivity index (χ0) is 15.6. The first-order valence-corrected chi connectivity index (χ1v) is 8.80. The van der Waals surface area contributed by atoms with E-state index in [9.17, 15) is 8.42 Å². The molecule has 2 atom stereocenters. The summed E-state index contributed by atoms with van der Waals surface area (Å²) in [6, 6.07) is 6.30. The fourth-order valence-electron chi connectivity index (χ4n) is 2.40. The lowest BCUT2D eigenvalue weighted by Gasteiger charge is -2.16. The van der Waals surface area contributed by atoms with Gasteiger partial charge in [-0.3, -0.25) is 5.41 Å². The number of rotatable bonds is 7. The second-order valence-corrected chi connectivity index (χ2v) is 8.10. The maximum absolute atomic E-state index is 12.3. The molecule has 0 aliphatic heterocycles. The van der Waals surface area contributed by atoms with E-state index in [1.54, 1.807) is 18.2 Å². The second-order valence-electron chi connectivity index (χ2n) is 6.00. The summed E-state index contributed by atoms with van der Waals surface area (Å²) in [5.74, 6) is 1.47. The minimum absolute atomic E-state index is 0.0892. The van der Waals surface area contributed by atoms with Crippen LogP contribution in [0.2, 0.25) is 0 Å². The third-order valence-corrected chi connectivity index (χ3v) is 5.76. The van der Waals surface area contributed by atoms with Gasteiger partial charge < -0.3 is 10.6 Å². The smallest absolute Gasteiger partial charge is 0.179 e. The fraction of sp³-hybridized carbons (Fsp3) is 0.533. The first-order chi connectivity index (χ1) is 9.79. The summed E-state index contributed by atoms with van der Waals surface area (Å²) in [4.78, 5) is 2.32. The van der Waals surface area contributed by atoms with E-state index in [-0.39, 0.29) is 16.5 Å². The summed E-state index contributed by atoms with van der Waals surface area (Å²) >= 11 is 0. The van der Waals surface area contributed by atoms with E-state index in [4.69, 9.17) is 11.1 Å². The van der Waals surface area contributed by atoms with Crippen molar-refractivity contribution in [3.05, 3.63) is 29.8 Å². The molecule has 6 heteroatoms. The summed E-state index contributed by atoms with van der Waals surface area (Å²) < 4.78 is 24.7.